The molecule has 0 saturated heterocycles. The molecule has 0 radical (unpaired) electrons. The minimum Gasteiger partial charge on any atom is -0.313 e. The number of terminal acetylenes is 1. The fourth-order valence-corrected chi connectivity index (χ4v) is 0.927. The lowest BCUT2D eigenvalue weighted by Gasteiger charge is -2.16. The van der Waals surface area contributed by atoms with Gasteiger partial charge in [-0.2, -0.15) is 13.2 Å². The topological polar surface area (TPSA) is 12.0 Å². The summed E-state index contributed by atoms with van der Waals surface area (Å²) < 4.78 is 35.5. The van der Waals surface area contributed by atoms with Crippen LogP contribution in [-0.2, 0) is 0 Å². The van der Waals surface area contributed by atoms with Crippen LogP contribution < -0.4 is 5.32 Å². The van der Waals surface area contributed by atoms with Crippen LogP contribution in [0, 0.1) is 12.3 Å². The van der Waals surface area contributed by atoms with Crippen molar-refractivity contribution in [2.45, 2.75) is 32.0 Å². The highest BCUT2D eigenvalue weighted by Gasteiger charge is 2.30. The Labute approximate surface area is 70.3 Å². The minimum atomic E-state index is -4.14. The number of nitrogens with one attached hydrogen (secondary N) is 1. The zero-order valence-electron chi connectivity index (χ0n) is 6.91. The first kappa shape index (κ1) is 11.3. The largest absolute Gasteiger partial charge is 0.390 e. The molecule has 0 aliphatic rings. The SMILES string of the molecule is C#CCC(CC(F)(F)F)NCC. The van der Waals surface area contributed by atoms with Gasteiger partial charge >= 0.3 is 6.18 Å². The number of hydrogen-bond acceptors (Lipinski definition) is 1. The molecule has 0 fully saturated rings. The quantitative estimate of drug-likeness (QED) is 0.650. The highest BCUT2D eigenvalue weighted by atomic mass is 19.4. The van der Waals surface area contributed by atoms with E-state index in [0.717, 1.165) is 0 Å². The lowest BCUT2D eigenvalue weighted by atomic mass is 10.1. The van der Waals surface area contributed by atoms with Gasteiger partial charge in [-0.15, -0.1) is 12.3 Å². The Bertz CT molecular complexity index is 157. The Kier molecular flexibility index (Phi) is 4.75. The highest BCUT2D eigenvalue weighted by molar-refractivity contribution is 4.90. The molecular formula is C8H12F3N. The molecule has 0 spiro atoms. The van der Waals surface area contributed by atoms with Crippen molar-refractivity contribution in [1.29, 1.82) is 0 Å². The summed E-state index contributed by atoms with van der Waals surface area (Å²) >= 11 is 0. The first-order valence-electron chi connectivity index (χ1n) is 3.73. The van der Waals surface area contributed by atoms with E-state index in [9.17, 15) is 13.2 Å². The molecule has 0 aliphatic carbocycles. The average Bonchev–Trinajstić information content (AvgIpc) is 1.84. The van der Waals surface area contributed by atoms with Gasteiger partial charge in [-0.3, -0.25) is 0 Å². The third-order valence-corrected chi connectivity index (χ3v) is 1.33. The summed E-state index contributed by atoms with van der Waals surface area (Å²) in [6.45, 7) is 2.25. The zero-order valence-corrected chi connectivity index (χ0v) is 6.91. The summed E-state index contributed by atoms with van der Waals surface area (Å²) in [5, 5.41) is 2.68. The van der Waals surface area contributed by atoms with Gasteiger partial charge < -0.3 is 5.32 Å². The molecule has 12 heavy (non-hydrogen) atoms. The van der Waals surface area contributed by atoms with Crippen LogP contribution in [0.2, 0.25) is 0 Å². The van der Waals surface area contributed by atoms with Crippen LogP contribution >= 0.6 is 0 Å². The molecule has 0 rings (SSSR count). The third-order valence-electron chi connectivity index (χ3n) is 1.33. The second-order valence-corrected chi connectivity index (χ2v) is 2.48. The molecule has 0 aromatic carbocycles. The van der Waals surface area contributed by atoms with Crippen LogP contribution in [-0.4, -0.2) is 18.8 Å². The van der Waals surface area contributed by atoms with Crippen molar-refractivity contribution in [2.24, 2.45) is 0 Å². The van der Waals surface area contributed by atoms with Crippen LogP contribution in [0.5, 0.6) is 0 Å². The second kappa shape index (κ2) is 5.04. The molecule has 0 aromatic rings. The lowest BCUT2D eigenvalue weighted by molar-refractivity contribution is -0.139. The Morgan fingerprint density at radius 2 is 2.08 bits per heavy atom. The van der Waals surface area contributed by atoms with E-state index in [2.05, 4.69) is 11.2 Å². The Morgan fingerprint density at radius 3 is 2.42 bits per heavy atom. The van der Waals surface area contributed by atoms with Crippen molar-refractivity contribution in [3.63, 3.8) is 0 Å². The van der Waals surface area contributed by atoms with E-state index in [1.165, 1.54) is 0 Å². The predicted octanol–water partition coefficient (Wildman–Crippen LogP) is 1.94. The molecule has 0 bridgehead atoms. The van der Waals surface area contributed by atoms with Gasteiger partial charge in [0.2, 0.25) is 0 Å². The molecular weight excluding hydrogens is 167 g/mol. The maximum Gasteiger partial charge on any atom is 0.390 e. The van der Waals surface area contributed by atoms with Gasteiger partial charge in [-0.25, -0.2) is 0 Å². The van der Waals surface area contributed by atoms with Crippen LogP contribution in [0.15, 0.2) is 0 Å². The highest BCUT2D eigenvalue weighted by Crippen LogP contribution is 2.22. The maximum absolute atomic E-state index is 11.8. The van der Waals surface area contributed by atoms with Gasteiger partial charge in [-0.1, -0.05) is 6.92 Å². The molecule has 4 heteroatoms. The van der Waals surface area contributed by atoms with Crippen molar-refractivity contribution < 1.29 is 13.2 Å². The fraction of sp³-hybridized carbons (Fsp3) is 0.750. The molecule has 0 heterocycles. The van der Waals surface area contributed by atoms with Gasteiger partial charge in [0, 0.05) is 12.5 Å². The number of halogens is 3. The molecule has 0 aliphatic heterocycles. The molecule has 1 nitrogen and oxygen atoms in total. The van der Waals surface area contributed by atoms with Crippen molar-refractivity contribution in [3.8, 4) is 12.3 Å². The number of rotatable bonds is 4. The van der Waals surface area contributed by atoms with E-state index in [1.807, 2.05) is 0 Å². The van der Waals surface area contributed by atoms with Crippen LogP contribution in [0.4, 0.5) is 13.2 Å². The Morgan fingerprint density at radius 1 is 1.50 bits per heavy atom. The standard InChI is InChI=1S/C8H12F3N/c1-3-5-7(12-4-2)6-8(9,10)11/h1,7,12H,4-6H2,2H3. The Hall–Kier alpha value is -0.690. The van der Waals surface area contributed by atoms with Crippen LogP contribution in [0.3, 0.4) is 0 Å². The molecule has 1 atom stereocenters. The van der Waals surface area contributed by atoms with E-state index in [4.69, 9.17) is 6.42 Å². The Balaban J connectivity index is 3.88. The second-order valence-electron chi connectivity index (χ2n) is 2.48. The molecule has 0 saturated carbocycles. The van der Waals surface area contributed by atoms with E-state index >= 15 is 0 Å². The summed E-state index contributed by atoms with van der Waals surface area (Å²) in [7, 11) is 0. The van der Waals surface area contributed by atoms with Crippen LogP contribution in [0.1, 0.15) is 19.8 Å². The average molecular weight is 179 g/mol. The monoisotopic (exact) mass is 179 g/mol. The van der Waals surface area contributed by atoms with Gasteiger partial charge in [-0.05, 0) is 6.54 Å². The zero-order chi connectivity index (χ0) is 9.61. The lowest BCUT2D eigenvalue weighted by Crippen LogP contribution is -2.33. The van der Waals surface area contributed by atoms with Crippen molar-refractivity contribution in [2.75, 3.05) is 6.54 Å². The van der Waals surface area contributed by atoms with Gasteiger partial charge in [0.25, 0.3) is 0 Å². The van der Waals surface area contributed by atoms with E-state index < -0.39 is 18.6 Å². The fourth-order valence-electron chi connectivity index (χ4n) is 0.927. The first-order chi connectivity index (χ1) is 5.49. The molecule has 0 aromatic heterocycles. The van der Waals surface area contributed by atoms with Crippen molar-refractivity contribution >= 4 is 0 Å². The molecule has 1 unspecified atom stereocenters. The van der Waals surface area contributed by atoms with Gasteiger partial charge in [0.1, 0.15) is 0 Å². The third kappa shape index (κ3) is 6.05. The first-order valence-corrected chi connectivity index (χ1v) is 3.73. The molecule has 1 N–H and O–H groups in total. The van der Waals surface area contributed by atoms with Crippen molar-refractivity contribution in [1.82, 2.24) is 5.32 Å². The summed E-state index contributed by atoms with van der Waals surface area (Å²) in [5.74, 6) is 2.21. The smallest absolute Gasteiger partial charge is 0.313 e. The summed E-state index contributed by atoms with van der Waals surface area (Å²) in [6, 6.07) is -0.639. The molecule has 70 valence electrons. The number of hydrogen-bond donors (Lipinski definition) is 1. The number of alkyl halides is 3. The minimum absolute atomic E-state index is 0.118. The summed E-state index contributed by atoms with van der Waals surface area (Å²) in [6.07, 6.45) is 0.0483. The van der Waals surface area contributed by atoms with Crippen LogP contribution in [0.25, 0.3) is 0 Å². The van der Waals surface area contributed by atoms with Gasteiger partial charge in [0.15, 0.2) is 0 Å². The van der Waals surface area contributed by atoms with Crippen molar-refractivity contribution in [3.05, 3.63) is 0 Å². The molecule has 0 amide bonds. The van der Waals surface area contributed by atoms with E-state index in [0.29, 0.717) is 6.54 Å². The van der Waals surface area contributed by atoms with E-state index in [-0.39, 0.29) is 6.42 Å². The maximum atomic E-state index is 11.8. The predicted molar refractivity (Wildman–Crippen MR) is 41.6 cm³/mol. The summed E-state index contributed by atoms with van der Waals surface area (Å²) in [5.41, 5.74) is 0. The van der Waals surface area contributed by atoms with Gasteiger partial charge in [0.05, 0.1) is 6.42 Å². The van der Waals surface area contributed by atoms with E-state index in [1.54, 1.807) is 6.92 Å². The summed E-state index contributed by atoms with van der Waals surface area (Å²) in [4.78, 5) is 0. The normalized spacial score (nSPS) is 13.9.